The Balaban J connectivity index is 0.00000264. The molecule has 1 aromatic carbocycles. The van der Waals surface area contributed by atoms with Gasteiger partial charge in [-0.05, 0) is 38.8 Å². The zero-order chi connectivity index (χ0) is 15.9. The lowest BCUT2D eigenvalue weighted by Crippen LogP contribution is -2.41. The summed E-state index contributed by atoms with van der Waals surface area (Å²) >= 11 is 0. The number of aliphatic hydroxyl groups excluding tert-OH is 1. The van der Waals surface area contributed by atoms with Gasteiger partial charge in [0.05, 0.1) is 12.6 Å². The predicted octanol–water partition coefficient (Wildman–Crippen LogP) is 2.41. The third-order valence-electron chi connectivity index (χ3n) is 3.72. The Bertz CT molecular complexity index is 510. The van der Waals surface area contributed by atoms with Crippen molar-refractivity contribution in [2.45, 2.75) is 39.4 Å². The second kappa shape index (κ2) is 9.97. The molecule has 23 heavy (non-hydrogen) atoms. The number of hydrogen-bond donors (Lipinski definition) is 2. The number of benzene rings is 1. The van der Waals surface area contributed by atoms with Crippen molar-refractivity contribution in [2.75, 3.05) is 26.2 Å². The van der Waals surface area contributed by atoms with Gasteiger partial charge in [0, 0.05) is 19.6 Å². The van der Waals surface area contributed by atoms with E-state index in [1.807, 2.05) is 38.1 Å². The van der Waals surface area contributed by atoms with Crippen LogP contribution in [-0.2, 0) is 0 Å². The normalized spacial score (nSPS) is 19.2. The van der Waals surface area contributed by atoms with E-state index in [4.69, 9.17) is 4.74 Å². The molecule has 2 N–H and O–H groups in total. The summed E-state index contributed by atoms with van der Waals surface area (Å²) in [5, 5.41) is 13.0. The van der Waals surface area contributed by atoms with Crippen LogP contribution in [0.1, 0.15) is 25.8 Å². The Morgan fingerprint density at radius 2 is 2.22 bits per heavy atom. The molecule has 0 amide bonds. The van der Waals surface area contributed by atoms with Crippen molar-refractivity contribution in [3.63, 3.8) is 0 Å². The highest BCUT2D eigenvalue weighted by Crippen LogP contribution is 2.18. The minimum Gasteiger partial charge on any atom is -0.489 e. The number of hydrogen-bond acceptors (Lipinski definition) is 3. The van der Waals surface area contributed by atoms with E-state index in [0.717, 1.165) is 36.8 Å². The SMILES string of the molecule is CCNC(=NCC(C)Oc1ccccc1C)N1CC[C@@H](O)C1.I. The number of rotatable bonds is 5. The fourth-order valence-corrected chi connectivity index (χ4v) is 2.52. The molecule has 1 saturated heterocycles. The molecule has 1 aliphatic heterocycles. The predicted molar refractivity (Wildman–Crippen MR) is 105 cm³/mol. The molecule has 1 fully saturated rings. The van der Waals surface area contributed by atoms with Crippen LogP contribution >= 0.6 is 24.0 Å². The molecule has 1 heterocycles. The van der Waals surface area contributed by atoms with Crippen LogP contribution in [0.2, 0.25) is 0 Å². The molecule has 1 unspecified atom stereocenters. The lowest BCUT2D eigenvalue weighted by atomic mass is 10.2. The number of nitrogens with zero attached hydrogens (tertiary/aromatic N) is 2. The van der Waals surface area contributed by atoms with Gasteiger partial charge in [-0.3, -0.25) is 0 Å². The third-order valence-corrected chi connectivity index (χ3v) is 3.72. The topological polar surface area (TPSA) is 57.1 Å². The van der Waals surface area contributed by atoms with Crippen LogP contribution in [0.15, 0.2) is 29.3 Å². The maximum atomic E-state index is 9.67. The van der Waals surface area contributed by atoms with Crippen molar-refractivity contribution in [2.24, 2.45) is 4.99 Å². The Morgan fingerprint density at radius 1 is 1.48 bits per heavy atom. The number of nitrogens with one attached hydrogen (secondary N) is 1. The van der Waals surface area contributed by atoms with Crippen LogP contribution in [0.3, 0.4) is 0 Å². The van der Waals surface area contributed by atoms with Crippen LogP contribution in [-0.4, -0.2) is 54.4 Å². The Kier molecular flexibility index (Phi) is 8.68. The van der Waals surface area contributed by atoms with Gasteiger partial charge in [-0.1, -0.05) is 18.2 Å². The Hall–Kier alpha value is -1.02. The minimum atomic E-state index is -0.246. The van der Waals surface area contributed by atoms with E-state index in [2.05, 4.69) is 22.1 Å². The maximum Gasteiger partial charge on any atom is 0.194 e. The highest BCUT2D eigenvalue weighted by molar-refractivity contribution is 14.0. The number of aryl methyl sites for hydroxylation is 1. The molecule has 0 aromatic heterocycles. The van der Waals surface area contributed by atoms with Gasteiger partial charge in [-0.2, -0.15) is 0 Å². The van der Waals surface area contributed by atoms with Crippen molar-refractivity contribution < 1.29 is 9.84 Å². The van der Waals surface area contributed by atoms with Crippen molar-refractivity contribution in [1.29, 1.82) is 0 Å². The number of likely N-dealkylation sites (tertiary alicyclic amines) is 1. The Labute approximate surface area is 156 Å². The molecule has 130 valence electrons. The van der Waals surface area contributed by atoms with Crippen LogP contribution in [0.5, 0.6) is 5.75 Å². The van der Waals surface area contributed by atoms with Gasteiger partial charge in [0.2, 0.25) is 0 Å². The van der Waals surface area contributed by atoms with Gasteiger partial charge in [-0.15, -0.1) is 24.0 Å². The number of β-amino-alcohol motifs (C(OH)–C–C–N with tert-alkyl or cyclic N) is 1. The van der Waals surface area contributed by atoms with Crippen LogP contribution in [0, 0.1) is 6.92 Å². The van der Waals surface area contributed by atoms with E-state index in [9.17, 15) is 5.11 Å². The first kappa shape index (κ1) is 20.0. The summed E-state index contributed by atoms with van der Waals surface area (Å²) in [4.78, 5) is 6.76. The van der Waals surface area contributed by atoms with E-state index in [1.165, 1.54) is 0 Å². The van der Waals surface area contributed by atoms with E-state index in [0.29, 0.717) is 13.1 Å². The molecule has 5 nitrogen and oxygen atoms in total. The van der Waals surface area contributed by atoms with Gasteiger partial charge in [0.15, 0.2) is 5.96 Å². The first-order valence-electron chi connectivity index (χ1n) is 8.03. The molecular formula is C17H28IN3O2. The minimum absolute atomic E-state index is 0. The van der Waals surface area contributed by atoms with E-state index in [-0.39, 0.29) is 36.2 Å². The number of halogens is 1. The van der Waals surface area contributed by atoms with Crippen molar-refractivity contribution in [1.82, 2.24) is 10.2 Å². The van der Waals surface area contributed by atoms with Gasteiger partial charge in [0.25, 0.3) is 0 Å². The lowest BCUT2D eigenvalue weighted by molar-refractivity contribution is 0.187. The van der Waals surface area contributed by atoms with Crippen LogP contribution < -0.4 is 10.1 Å². The Morgan fingerprint density at radius 3 is 2.83 bits per heavy atom. The quantitative estimate of drug-likeness (QED) is 0.426. The number of guanidine groups is 1. The molecule has 1 aromatic rings. The molecule has 0 bridgehead atoms. The average molecular weight is 433 g/mol. The molecule has 0 aliphatic carbocycles. The molecule has 6 heteroatoms. The number of para-hydroxylation sites is 1. The first-order chi connectivity index (χ1) is 10.6. The van der Waals surface area contributed by atoms with Gasteiger partial charge in [-0.25, -0.2) is 4.99 Å². The van der Waals surface area contributed by atoms with E-state index in [1.54, 1.807) is 0 Å². The van der Waals surface area contributed by atoms with Crippen LogP contribution in [0.4, 0.5) is 0 Å². The zero-order valence-electron chi connectivity index (χ0n) is 14.2. The van der Waals surface area contributed by atoms with Gasteiger partial charge >= 0.3 is 0 Å². The van der Waals surface area contributed by atoms with E-state index < -0.39 is 0 Å². The number of ether oxygens (including phenoxy) is 1. The molecular weight excluding hydrogens is 405 g/mol. The number of aliphatic imine (C=N–C) groups is 1. The summed E-state index contributed by atoms with van der Waals surface area (Å²) < 4.78 is 5.95. The molecule has 2 rings (SSSR count). The summed E-state index contributed by atoms with van der Waals surface area (Å²) in [5.41, 5.74) is 1.13. The first-order valence-corrected chi connectivity index (χ1v) is 8.03. The lowest BCUT2D eigenvalue weighted by Gasteiger charge is -2.22. The fraction of sp³-hybridized carbons (Fsp3) is 0.588. The highest BCUT2D eigenvalue weighted by Gasteiger charge is 2.22. The average Bonchev–Trinajstić information content (AvgIpc) is 2.92. The van der Waals surface area contributed by atoms with Gasteiger partial charge in [0.1, 0.15) is 11.9 Å². The van der Waals surface area contributed by atoms with Crippen molar-refractivity contribution >= 4 is 29.9 Å². The monoisotopic (exact) mass is 433 g/mol. The molecule has 1 aliphatic rings. The summed E-state index contributed by atoms with van der Waals surface area (Å²) in [7, 11) is 0. The van der Waals surface area contributed by atoms with Crippen LogP contribution in [0.25, 0.3) is 0 Å². The third kappa shape index (κ3) is 6.18. The standard InChI is InChI=1S/C17H27N3O2.HI/c1-4-18-17(20-10-9-15(21)12-20)19-11-14(3)22-16-8-6-5-7-13(16)2;/h5-8,14-15,21H,4,9-12H2,1-3H3,(H,18,19);1H/t14?,15-;/m1./s1. The second-order valence-corrected chi connectivity index (χ2v) is 5.78. The van der Waals surface area contributed by atoms with Gasteiger partial charge < -0.3 is 20.1 Å². The summed E-state index contributed by atoms with van der Waals surface area (Å²) in [5.74, 6) is 1.77. The fourth-order valence-electron chi connectivity index (χ4n) is 2.52. The summed E-state index contributed by atoms with van der Waals surface area (Å²) in [6, 6.07) is 8.01. The summed E-state index contributed by atoms with van der Waals surface area (Å²) in [6.45, 7) is 9.02. The zero-order valence-corrected chi connectivity index (χ0v) is 16.5. The molecule has 2 atom stereocenters. The second-order valence-electron chi connectivity index (χ2n) is 5.78. The summed E-state index contributed by atoms with van der Waals surface area (Å²) in [6.07, 6.45) is 0.562. The largest absolute Gasteiger partial charge is 0.489 e. The number of aliphatic hydroxyl groups is 1. The van der Waals surface area contributed by atoms with E-state index >= 15 is 0 Å². The highest BCUT2D eigenvalue weighted by atomic mass is 127. The molecule has 0 spiro atoms. The molecule has 0 radical (unpaired) electrons. The smallest absolute Gasteiger partial charge is 0.194 e. The molecule has 0 saturated carbocycles. The van der Waals surface area contributed by atoms with Crippen molar-refractivity contribution in [3.05, 3.63) is 29.8 Å². The maximum absolute atomic E-state index is 9.67. The van der Waals surface area contributed by atoms with Crippen molar-refractivity contribution in [3.8, 4) is 5.75 Å².